The van der Waals surface area contributed by atoms with E-state index in [4.69, 9.17) is 19.8 Å². The van der Waals surface area contributed by atoms with Gasteiger partial charge in [-0.25, -0.2) is 0 Å². The molecule has 1 aliphatic heterocycles. The molecule has 3 nitrogen and oxygen atoms in total. The van der Waals surface area contributed by atoms with Crippen LogP contribution in [0.4, 0.5) is 11.4 Å². The molecule has 0 radical (unpaired) electrons. The number of quaternary nitrogens is 1. The summed E-state index contributed by atoms with van der Waals surface area (Å²) in [6, 6.07) is 13.5. The summed E-state index contributed by atoms with van der Waals surface area (Å²) in [5.74, 6) is 0. The predicted octanol–water partition coefficient (Wildman–Crippen LogP) is 4.54. The second-order valence-corrected chi connectivity index (χ2v) is 6.31. The fourth-order valence-corrected chi connectivity index (χ4v) is 3.24. The average Bonchev–Trinajstić information content (AvgIpc) is 2.77. The Morgan fingerprint density at radius 2 is 1.87 bits per heavy atom. The van der Waals surface area contributed by atoms with E-state index in [1.54, 1.807) is 0 Å². The van der Waals surface area contributed by atoms with Crippen LogP contribution < -0.4 is 4.90 Å². The Hall–Kier alpha value is -1.55. The van der Waals surface area contributed by atoms with Crippen LogP contribution in [0.25, 0.3) is 0 Å². The molecular weight excluding hydrogens is 308 g/mol. The topological polar surface area (TPSA) is 26.3 Å². The van der Waals surface area contributed by atoms with Gasteiger partial charge in [-0.15, -0.1) is 0 Å². The Balaban J connectivity index is 1.92. The lowest BCUT2D eigenvalue weighted by Gasteiger charge is -2.35. The number of rotatable bonds is 4. The van der Waals surface area contributed by atoms with Gasteiger partial charge in [0.05, 0.1) is 28.7 Å². The van der Waals surface area contributed by atoms with Crippen LogP contribution in [0.5, 0.6) is 0 Å². The smallest absolute Gasteiger partial charge is 0.0890 e. The Labute approximate surface area is 151 Å². The molecule has 0 spiro atoms. The molecule has 4 heteroatoms. The molecule has 0 saturated carbocycles. The number of halogens is 1. The predicted molar refractivity (Wildman–Crippen MR) is 97.3 cm³/mol. The number of nitrogens with zero attached hydrogens (tertiary/aromatic N) is 2. The monoisotopic (exact) mass is 336 g/mol. The van der Waals surface area contributed by atoms with Gasteiger partial charge in [0.25, 0.3) is 0 Å². The standard InChI is InChI=1S/C19H23ClN2O/c1-22(2,23)13-5-12-21-18-7-4-3-6-15(18)8-9-16-10-11-17(20)14-19(16)21/h3-4,6-7,10-11,14H,5,8-9,12-13H2,1-2H3/i1D3,2D3. The van der Waals surface area contributed by atoms with E-state index >= 15 is 0 Å². The van der Waals surface area contributed by atoms with Crippen molar-refractivity contribution in [2.75, 3.05) is 31.9 Å². The van der Waals surface area contributed by atoms with E-state index in [9.17, 15) is 5.21 Å². The molecule has 0 aliphatic carbocycles. The second-order valence-electron chi connectivity index (χ2n) is 5.87. The number of anilines is 2. The highest BCUT2D eigenvalue weighted by atomic mass is 35.5. The van der Waals surface area contributed by atoms with Crippen LogP contribution >= 0.6 is 11.6 Å². The van der Waals surface area contributed by atoms with Crippen LogP contribution in [-0.4, -0.2) is 31.7 Å². The van der Waals surface area contributed by atoms with E-state index in [2.05, 4.69) is 0 Å². The molecule has 0 bridgehead atoms. The summed E-state index contributed by atoms with van der Waals surface area (Å²) in [4.78, 5) is 2.01. The number of para-hydroxylation sites is 1. The SMILES string of the molecule is [2H]C([2H])([2H])[N+]([O-])(CCCN1c2ccccc2CCc2ccc(Cl)cc21)C([2H])([2H])[2H]. The van der Waals surface area contributed by atoms with Gasteiger partial charge in [-0.05, 0) is 42.2 Å². The van der Waals surface area contributed by atoms with Gasteiger partial charge in [-0.1, -0.05) is 35.9 Å². The minimum absolute atomic E-state index is 0.0978. The molecule has 0 unspecified atom stereocenters. The van der Waals surface area contributed by atoms with Crippen molar-refractivity contribution in [1.82, 2.24) is 0 Å². The first-order valence-corrected chi connectivity index (χ1v) is 8.05. The van der Waals surface area contributed by atoms with Crippen molar-refractivity contribution in [3.05, 3.63) is 63.8 Å². The summed E-state index contributed by atoms with van der Waals surface area (Å²) in [5.41, 5.74) is 4.09. The summed E-state index contributed by atoms with van der Waals surface area (Å²) in [5, 5.41) is 13.3. The van der Waals surface area contributed by atoms with Gasteiger partial charge in [0.1, 0.15) is 0 Å². The normalized spacial score (nSPS) is 19.1. The lowest BCUT2D eigenvalue weighted by molar-refractivity contribution is -0.840. The number of hydrogen-bond acceptors (Lipinski definition) is 2. The van der Waals surface area contributed by atoms with Crippen molar-refractivity contribution in [2.45, 2.75) is 19.3 Å². The van der Waals surface area contributed by atoms with Gasteiger partial charge in [0, 0.05) is 29.4 Å². The summed E-state index contributed by atoms with van der Waals surface area (Å²) >= 11 is 6.22. The molecule has 2 aromatic rings. The van der Waals surface area contributed by atoms with Crippen LogP contribution in [0.1, 0.15) is 25.8 Å². The van der Waals surface area contributed by atoms with Crippen molar-refractivity contribution in [2.24, 2.45) is 0 Å². The van der Waals surface area contributed by atoms with Gasteiger partial charge in [-0.3, -0.25) is 0 Å². The minimum Gasteiger partial charge on any atom is -0.633 e. The number of hydroxylamine groups is 3. The second kappa shape index (κ2) is 6.52. The molecule has 122 valence electrons. The van der Waals surface area contributed by atoms with Crippen molar-refractivity contribution >= 4 is 23.0 Å². The number of benzene rings is 2. The molecular formula is C19H23ClN2O. The van der Waals surface area contributed by atoms with Gasteiger partial charge >= 0.3 is 0 Å². The van der Waals surface area contributed by atoms with Crippen molar-refractivity contribution in [3.8, 4) is 0 Å². The lowest BCUT2D eigenvalue weighted by Crippen LogP contribution is -2.35. The molecule has 0 atom stereocenters. The van der Waals surface area contributed by atoms with E-state index in [0.29, 0.717) is 11.6 Å². The van der Waals surface area contributed by atoms with E-state index in [1.165, 1.54) is 0 Å². The van der Waals surface area contributed by atoms with Crippen molar-refractivity contribution in [3.63, 3.8) is 0 Å². The molecule has 0 amide bonds. The first kappa shape index (κ1) is 10.3. The maximum absolute atomic E-state index is 12.8. The summed E-state index contributed by atoms with van der Waals surface area (Å²) in [6.45, 7) is -6.59. The van der Waals surface area contributed by atoms with Crippen LogP contribution in [0.2, 0.25) is 5.02 Å². The number of aryl methyl sites for hydroxylation is 2. The fourth-order valence-electron chi connectivity index (χ4n) is 3.08. The van der Waals surface area contributed by atoms with Crippen molar-refractivity contribution in [1.29, 1.82) is 0 Å². The first-order chi connectivity index (χ1) is 13.4. The minimum atomic E-state index is -3.18. The summed E-state index contributed by atoms with van der Waals surface area (Å²) in [7, 11) is 0. The highest BCUT2D eigenvalue weighted by Crippen LogP contribution is 2.37. The third-order valence-corrected chi connectivity index (χ3v) is 4.37. The zero-order valence-corrected chi connectivity index (χ0v) is 13.5. The summed E-state index contributed by atoms with van der Waals surface area (Å²) < 4.78 is 42.6. The maximum atomic E-state index is 12.8. The van der Waals surface area contributed by atoms with Crippen molar-refractivity contribution < 1.29 is 12.9 Å². The van der Waals surface area contributed by atoms with E-state index < -0.39 is 25.1 Å². The van der Waals surface area contributed by atoms with Gasteiger partial charge in [-0.2, -0.15) is 0 Å². The highest BCUT2D eigenvalue weighted by Gasteiger charge is 2.20. The van der Waals surface area contributed by atoms with Crippen LogP contribution in [0, 0.1) is 5.21 Å². The van der Waals surface area contributed by atoms with E-state index in [1.807, 2.05) is 47.4 Å². The van der Waals surface area contributed by atoms with Crippen LogP contribution in [0.15, 0.2) is 42.5 Å². The van der Waals surface area contributed by atoms with Crippen LogP contribution in [-0.2, 0) is 12.8 Å². The quantitative estimate of drug-likeness (QED) is 0.605. The molecule has 0 fully saturated rings. The summed E-state index contributed by atoms with van der Waals surface area (Å²) in [6.07, 6.45) is 1.76. The molecule has 1 heterocycles. The highest BCUT2D eigenvalue weighted by molar-refractivity contribution is 6.30. The lowest BCUT2D eigenvalue weighted by atomic mass is 10.0. The Bertz CT molecular complexity index is 870. The number of fused-ring (bicyclic) bond motifs is 2. The molecule has 3 rings (SSSR count). The third kappa shape index (κ3) is 3.86. The molecule has 23 heavy (non-hydrogen) atoms. The Morgan fingerprint density at radius 1 is 1.13 bits per heavy atom. The van der Waals surface area contributed by atoms with E-state index in [-0.39, 0.29) is 6.42 Å². The molecule has 1 aliphatic rings. The van der Waals surface area contributed by atoms with Gasteiger partial charge in [0.2, 0.25) is 0 Å². The Morgan fingerprint density at radius 3 is 2.65 bits per heavy atom. The van der Waals surface area contributed by atoms with E-state index in [0.717, 1.165) is 35.3 Å². The fraction of sp³-hybridized carbons (Fsp3) is 0.368. The van der Waals surface area contributed by atoms with Crippen LogP contribution in [0.3, 0.4) is 0 Å². The molecule has 0 saturated heterocycles. The third-order valence-electron chi connectivity index (χ3n) is 4.14. The first-order valence-electron chi connectivity index (χ1n) is 10.7. The zero-order chi connectivity index (χ0) is 21.4. The largest absolute Gasteiger partial charge is 0.633 e. The average molecular weight is 337 g/mol. The zero-order valence-electron chi connectivity index (χ0n) is 18.8. The molecule has 0 N–H and O–H groups in total. The molecule has 0 aromatic heterocycles. The van der Waals surface area contributed by atoms with Gasteiger partial charge in [0.15, 0.2) is 0 Å². The maximum Gasteiger partial charge on any atom is 0.0890 e. The Kier molecular flexibility index (Phi) is 2.93. The molecule has 2 aromatic carbocycles. The number of hydrogen-bond donors (Lipinski definition) is 0. The van der Waals surface area contributed by atoms with Gasteiger partial charge < -0.3 is 14.8 Å².